The SMILES string of the molecule is CC(C)COC(=O)N1CCCN(C(=O)c2csc(-c3cccc(C(F)(F)F)c3)n2)CC1. The number of carbonyl (C=O) groups is 2. The molecule has 1 aliphatic heterocycles. The number of benzene rings is 1. The maximum absolute atomic E-state index is 13.0. The highest BCUT2D eigenvalue weighted by molar-refractivity contribution is 7.13. The largest absolute Gasteiger partial charge is 0.449 e. The maximum Gasteiger partial charge on any atom is 0.416 e. The average molecular weight is 456 g/mol. The van der Waals surface area contributed by atoms with Crippen molar-refractivity contribution in [3.63, 3.8) is 0 Å². The molecule has 168 valence electrons. The van der Waals surface area contributed by atoms with E-state index in [0.717, 1.165) is 23.5 Å². The van der Waals surface area contributed by atoms with E-state index in [1.807, 2.05) is 13.8 Å². The fraction of sp³-hybridized carbons (Fsp3) is 0.476. The summed E-state index contributed by atoms with van der Waals surface area (Å²) in [4.78, 5) is 32.5. The molecule has 0 unspecified atom stereocenters. The van der Waals surface area contributed by atoms with Crippen LogP contribution in [-0.4, -0.2) is 59.6 Å². The van der Waals surface area contributed by atoms with Gasteiger partial charge < -0.3 is 14.5 Å². The van der Waals surface area contributed by atoms with Crippen molar-refractivity contribution in [2.75, 3.05) is 32.8 Å². The number of aromatic nitrogens is 1. The van der Waals surface area contributed by atoms with E-state index < -0.39 is 11.7 Å². The van der Waals surface area contributed by atoms with Crippen LogP contribution in [0, 0.1) is 5.92 Å². The van der Waals surface area contributed by atoms with Gasteiger partial charge in [0.2, 0.25) is 0 Å². The lowest BCUT2D eigenvalue weighted by Gasteiger charge is -2.21. The number of rotatable bonds is 4. The Kier molecular flexibility index (Phi) is 7.19. The lowest BCUT2D eigenvalue weighted by Crippen LogP contribution is -2.38. The highest BCUT2D eigenvalue weighted by Crippen LogP contribution is 2.33. The molecule has 1 aliphatic rings. The van der Waals surface area contributed by atoms with E-state index in [2.05, 4.69) is 4.98 Å². The molecule has 1 saturated heterocycles. The Bertz CT molecular complexity index is 930. The molecular formula is C21H24F3N3O3S. The van der Waals surface area contributed by atoms with Crippen molar-refractivity contribution in [1.29, 1.82) is 0 Å². The number of nitrogens with zero attached hydrogens (tertiary/aromatic N) is 3. The first kappa shape index (κ1) is 23.1. The first-order valence-corrected chi connectivity index (χ1v) is 10.9. The topological polar surface area (TPSA) is 62.7 Å². The second-order valence-corrected chi connectivity index (χ2v) is 8.58. The fourth-order valence-corrected chi connectivity index (χ4v) is 3.92. The van der Waals surface area contributed by atoms with E-state index in [9.17, 15) is 22.8 Å². The summed E-state index contributed by atoms with van der Waals surface area (Å²) in [6.07, 6.45) is -4.23. The molecule has 0 N–H and O–H groups in total. The Morgan fingerprint density at radius 3 is 2.58 bits per heavy atom. The summed E-state index contributed by atoms with van der Waals surface area (Å²) >= 11 is 1.12. The Balaban J connectivity index is 1.65. The number of hydrogen-bond acceptors (Lipinski definition) is 5. The third kappa shape index (κ3) is 5.96. The van der Waals surface area contributed by atoms with Crippen LogP contribution in [0.15, 0.2) is 29.6 Å². The predicted octanol–water partition coefficient (Wildman–Crippen LogP) is 4.77. The number of thiazole rings is 1. The smallest absolute Gasteiger partial charge is 0.416 e. The molecule has 2 amide bonds. The van der Waals surface area contributed by atoms with Crippen molar-refractivity contribution in [1.82, 2.24) is 14.8 Å². The van der Waals surface area contributed by atoms with Gasteiger partial charge in [0.05, 0.1) is 12.2 Å². The maximum atomic E-state index is 13.0. The molecule has 0 spiro atoms. The van der Waals surface area contributed by atoms with Crippen LogP contribution < -0.4 is 0 Å². The molecule has 2 aromatic rings. The normalized spacial score (nSPS) is 15.2. The summed E-state index contributed by atoms with van der Waals surface area (Å²) in [6.45, 7) is 5.90. The number of halogens is 3. The van der Waals surface area contributed by atoms with Gasteiger partial charge in [0.1, 0.15) is 10.7 Å². The Morgan fingerprint density at radius 2 is 1.87 bits per heavy atom. The number of hydrogen-bond donors (Lipinski definition) is 0. The van der Waals surface area contributed by atoms with E-state index in [4.69, 9.17) is 4.74 Å². The summed E-state index contributed by atoms with van der Waals surface area (Å²) in [5.41, 5.74) is -0.257. The van der Waals surface area contributed by atoms with Crippen LogP contribution in [0.5, 0.6) is 0 Å². The molecule has 1 aromatic heterocycles. The molecule has 0 saturated carbocycles. The van der Waals surface area contributed by atoms with Crippen molar-refractivity contribution >= 4 is 23.3 Å². The van der Waals surface area contributed by atoms with Crippen LogP contribution in [0.2, 0.25) is 0 Å². The first-order valence-electron chi connectivity index (χ1n) is 9.99. The minimum absolute atomic E-state index is 0.188. The lowest BCUT2D eigenvalue weighted by molar-refractivity contribution is -0.137. The van der Waals surface area contributed by atoms with Gasteiger partial charge >= 0.3 is 12.3 Å². The highest BCUT2D eigenvalue weighted by atomic mass is 32.1. The molecule has 3 rings (SSSR count). The van der Waals surface area contributed by atoms with Gasteiger partial charge in [-0.3, -0.25) is 4.79 Å². The van der Waals surface area contributed by atoms with E-state index >= 15 is 0 Å². The van der Waals surface area contributed by atoms with Crippen LogP contribution in [0.3, 0.4) is 0 Å². The van der Waals surface area contributed by atoms with E-state index in [1.165, 1.54) is 12.1 Å². The molecule has 6 nitrogen and oxygen atoms in total. The van der Waals surface area contributed by atoms with Crippen molar-refractivity contribution in [2.45, 2.75) is 26.4 Å². The molecule has 1 fully saturated rings. The molecule has 0 aliphatic carbocycles. The summed E-state index contributed by atoms with van der Waals surface area (Å²) < 4.78 is 44.1. The quantitative estimate of drug-likeness (QED) is 0.666. The lowest BCUT2D eigenvalue weighted by atomic mass is 10.1. The van der Waals surface area contributed by atoms with Crippen molar-refractivity contribution < 1.29 is 27.5 Å². The van der Waals surface area contributed by atoms with Crippen LogP contribution in [0.4, 0.5) is 18.0 Å². The summed E-state index contributed by atoms with van der Waals surface area (Å²) in [7, 11) is 0. The molecule has 0 bridgehead atoms. The van der Waals surface area contributed by atoms with Gasteiger partial charge in [0.25, 0.3) is 5.91 Å². The van der Waals surface area contributed by atoms with E-state index in [0.29, 0.717) is 49.8 Å². The number of amides is 2. The fourth-order valence-electron chi connectivity index (χ4n) is 3.13. The summed E-state index contributed by atoms with van der Waals surface area (Å²) in [6, 6.07) is 4.88. The second-order valence-electron chi connectivity index (χ2n) is 7.72. The number of ether oxygens (including phenoxy) is 1. The van der Waals surface area contributed by atoms with Gasteiger partial charge in [-0.2, -0.15) is 13.2 Å². The molecule has 1 aromatic carbocycles. The van der Waals surface area contributed by atoms with Crippen LogP contribution in [0.1, 0.15) is 36.3 Å². The zero-order chi connectivity index (χ0) is 22.6. The van der Waals surface area contributed by atoms with Crippen molar-refractivity contribution in [3.8, 4) is 10.6 Å². The standard InChI is InChI=1S/C21H24F3N3O3S/c1-14(2)12-30-20(29)27-8-4-7-26(9-10-27)19(28)17-13-31-18(25-17)15-5-3-6-16(11-15)21(22,23)24/h3,5-6,11,13-14H,4,7-10,12H2,1-2H3. The monoisotopic (exact) mass is 455 g/mol. The molecule has 31 heavy (non-hydrogen) atoms. The van der Waals surface area contributed by atoms with Gasteiger partial charge in [-0.25, -0.2) is 9.78 Å². The third-order valence-corrected chi connectivity index (χ3v) is 5.63. The Labute approximate surface area is 182 Å². The Hall–Kier alpha value is -2.62. The minimum atomic E-state index is -4.44. The summed E-state index contributed by atoms with van der Waals surface area (Å²) in [5, 5.41) is 1.90. The van der Waals surface area contributed by atoms with Gasteiger partial charge in [-0.15, -0.1) is 11.3 Å². The Morgan fingerprint density at radius 1 is 1.16 bits per heavy atom. The average Bonchev–Trinajstić information content (AvgIpc) is 3.09. The van der Waals surface area contributed by atoms with Crippen LogP contribution in [0.25, 0.3) is 10.6 Å². The summed E-state index contributed by atoms with van der Waals surface area (Å²) in [5.74, 6) is -0.0587. The zero-order valence-electron chi connectivity index (χ0n) is 17.3. The molecule has 0 radical (unpaired) electrons. The van der Waals surface area contributed by atoms with Gasteiger partial charge in [-0.05, 0) is 24.5 Å². The molecular weight excluding hydrogens is 431 g/mol. The second kappa shape index (κ2) is 9.67. The van der Waals surface area contributed by atoms with E-state index in [1.54, 1.807) is 15.2 Å². The zero-order valence-corrected chi connectivity index (χ0v) is 18.1. The molecule has 0 atom stereocenters. The van der Waals surface area contributed by atoms with Crippen molar-refractivity contribution in [3.05, 3.63) is 40.9 Å². The number of carbonyl (C=O) groups excluding carboxylic acids is 2. The predicted molar refractivity (Wildman–Crippen MR) is 111 cm³/mol. The van der Waals surface area contributed by atoms with Crippen molar-refractivity contribution in [2.24, 2.45) is 5.92 Å². The van der Waals surface area contributed by atoms with Gasteiger partial charge in [0, 0.05) is 37.1 Å². The molecule has 10 heteroatoms. The third-order valence-electron chi connectivity index (χ3n) is 4.74. The van der Waals surface area contributed by atoms with Crippen LogP contribution in [-0.2, 0) is 10.9 Å². The van der Waals surface area contributed by atoms with Gasteiger partial charge in [0.15, 0.2) is 0 Å². The van der Waals surface area contributed by atoms with Crippen LogP contribution >= 0.6 is 11.3 Å². The number of alkyl halides is 3. The van der Waals surface area contributed by atoms with Gasteiger partial charge in [-0.1, -0.05) is 26.0 Å². The van der Waals surface area contributed by atoms with E-state index in [-0.39, 0.29) is 23.6 Å². The highest BCUT2D eigenvalue weighted by Gasteiger charge is 2.31. The first-order chi connectivity index (χ1) is 14.6. The minimum Gasteiger partial charge on any atom is -0.449 e. The molecule has 2 heterocycles.